The van der Waals surface area contributed by atoms with Crippen molar-refractivity contribution in [3.8, 4) is 0 Å². The standard InChI is InChI=1S/C21H18ClN3O2/c1-14(15-7-3-2-4-8-15)24-20(26)16-11-12-23-19(13-16)21(27)25-18-10-6-5-9-17(18)22/h2-14H,1H3,(H,24,26)(H,25,27). The number of nitrogens with zero attached hydrogens (tertiary/aromatic N) is 1. The van der Waals surface area contributed by atoms with Crippen molar-refractivity contribution in [2.24, 2.45) is 0 Å². The van der Waals surface area contributed by atoms with Crippen molar-refractivity contribution in [3.63, 3.8) is 0 Å². The van der Waals surface area contributed by atoms with E-state index in [1.165, 1.54) is 12.3 Å². The molecular formula is C21H18ClN3O2. The Bertz CT molecular complexity index is 960. The van der Waals surface area contributed by atoms with Gasteiger partial charge in [0.2, 0.25) is 0 Å². The molecule has 1 heterocycles. The highest BCUT2D eigenvalue weighted by Crippen LogP contribution is 2.21. The molecule has 0 aliphatic carbocycles. The molecule has 0 saturated heterocycles. The SMILES string of the molecule is CC(NC(=O)c1ccnc(C(=O)Nc2ccccc2Cl)c1)c1ccccc1. The Labute approximate surface area is 162 Å². The quantitative estimate of drug-likeness (QED) is 0.686. The molecule has 136 valence electrons. The fourth-order valence-electron chi connectivity index (χ4n) is 2.55. The molecule has 0 radical (unpaired) electrons. The van der Waals surface area contributed by atoms with Crippen LogP contribution in [0.25, 0.3) is 0 Å². The lowest BCUT2D eigenvalue weighted by Gasteiger charge is -2.14. The number of amides is 2. The zero-order valence-corrected chi connectivity index (χ0v) is 15.4. The van der Waals surface area contributed by atoms with Crippen molar-refractivity contribution < 1.29 is 9.59 Å². The molecule has 1 aromatic heterocycles. The normalized spacial score (nSPS) is 11.5. The number of anilines is 1. The van der Waals surface area contributed by atoms with Gasteiger partial charge in [0.25, 0.3) is 11.8 Å². The van der Waals surface area contributed by atoms with Gasteiger partial charge in [-0.05, 0) is 36.8 Å². The number of carbonyl (C=O) groups excluding carboxylic acids is 2. The minimum absolute atomic E-state index is 0.134. The maximum absolute atomic E-state index is 12.5. The van der Waals surface area contributed by atoms with Crippen LogP contribution in [0.4, 0.5) is 5.69 Å². The number of para-hydroxylation sites is 1. The third kappa shape index (κ3) is 4.71. The molecule has 0 spiro atoms. The van der Waals surface area contributed by atoms with Crippen molar-refractivity contribution >= 4 is 29.1 Å². The lowest BCUT2D eigenvalue weighted by atomic mass is 10.1. The van der Waals surface area contributed by atoms with Crippen LogP contribution in [0.1, 0.15) is 39.4 Å². The average Bonchev–Trinajstić information content (AvgIpc) is 2.70. The van der Waals surface area contributed by atoms with Crippen LogP contribution in [0.2, 0.25) is 5.02 Å². The number of rotatable bonds is 5. The first-order valence-electron chi connectivity index (χ1n) is 8.42. The highest BCUT2D eigenvalue weighted by Gasteiger charge is 2.15. The number of pyridine rings is 1. The molecule has 3 aromatic rings. The Morgan fingerprint density at radius 2 is 1.67 bits per heavy atom. The molecule has 0 aliphatic rings. The first-order chi connectivity index (χ1) is 13.0. The summed E-state index contributed by atoms with van der Waals surface area (Å²) in [5.41, 5.74) is 1.97. The molecule has 1 atom stereocenters. The van der Waals surface area contributed by atoms with Gasteiger partial charge in [0, 0.05) is 11.8 Å². The summed E-state index contributed by atoms with van der Waals surface area (Å²) in [7, 11) is 0. The van der Waals surface area contributed by atoms with Crippen LogP contribution in [0, 0.1) is 0 Å². The van der Waals surface area contributed by atoms with Gasteiger partial charge >= 0.3 is 0 Å². The number of halogens is 1. The fourth-order valence-corrected chi connectivity index (χ4v) is 2.73. The van der Waals surface area contributed by atoms with Crippen molar-refractivity contribution in [1.29, 1.82) is 0 Å². The molecule has 0 fully saturated rings. The summed E-state index contributed by atoms with van der Waals surface area (Å²) < 4.78 is 0. The van der Waals surface area contributed by atoms with Gasteiger partial charge in [-0.2, -0.15) is 0 Å². The maximum atomic E-state index is 12.5. The van der Waals surface area contributed by atoms with E-state index >= 15 is 0 Å². The molecule has 6 heteroatoms. The summed E-state index contributed by atoms with van der Waals surface area (Å²) in [5.74, 6) is -0.714. The van der Waals surface area contributed by atoms with Crippen LogP contribution in [-0.4, -0.2) is 16.8 Å². The van der Waals surface area contributed by atoms with Crippen molar-refractivity contribution in [2.75, 3.05) is 5.32 Å². The summed E-state index contributed by atoms with van der Waals surface area (Å²) in [4.78, 5) is 29.0. The van der Waals surface area contributed by atoms with Crippen LogP contribution in [0.5, 0.6) is 0 Å². The number of carbonyl (C=O) groups is 2. The third-order valence-electron chi connectivity index (χ3n) is 4.02. The van der Waals surface area contributed by atoms with E-state index in [4.69, 9.17) is 11.6 Å². The number of hydrogen-bond acceptors (Lipinski definition) is 3. The Morgan fingerprint density at radius 1 is 0.963 bits per heavy atom. The topological polar surface area (TPSA) is 71.1 Å². The number of aromatic nitrogens is 1. The Morgan fingerprint density at radius 3 is 2.41 bits per heavy atom. The number of benzene rings is 2. The van der Waals surface area contributed by atoms with Crippen molar-refractivity contribution in [1.82, 2.24) is 10.3 Å². The molecular weight excluding hydrogens is 362 g/mol. The predicted octanol–water partition coefficient (Wildman–Crippen LogP) is 4.48. The maximum Gasteiger partial charge on any atom is 0.274 e. The molecule has 5 nitrogen and oxygen atoms in total. The minimum Gasteiger partial charge on any atom is -0.346 e. The lowest BCUT2D eigenvalue weighted by Crippen LogP contribution is -2.27. The van der Waals surface area contributed by atoms with E-state index in [-0.39, 0.29) is 17.6 Å². The van der Waals surface area contributed by atoms with Gasteiger partial charge in [0.15, 0.2) is 0 Å². The Hall–Kier alpha value is -3.18. The minimum atomic E-state index is -0.436. The van der Waals surface area contributed by atoms with Gasteiger partial charge in [0.1, 0.15) is 5.69 Å². The van der Waals surface area contributed by atoms with E-state index in [9.17, 15) is 9.59 Å². The van der Waals surface area contributed by atoms with Crippen LogP contribution in [-0.2, 0) is 0 Å². The zero-order valence-electron chi connectivity index (χ0n) is 14.6. The average molecular weight is 380 g/mol. The largest absolute Gasteiger partial charge is 0.346 e. The molecule has 2 N–H and O–H groups in total. The molecule has 0 saturated carbocycles. The summed E-state index contributed by atoms with van der Waals surface area (Å²) in [5, 5.41) is 6.04. The molecule has 2 amide bonds. The van der Waals surface area contributed by atoms with E-state index in [1.54, 1.807) is 30.3 Å². The first-order valence-corrected chi connectivity index (χ1v) is 8.80. The smallest absolute Gasteiger partial charge is 0.274 e. The van der Waals surface area contributed by atoms with Gasteiger partial charge in [0.05, 0.1) is 16.8 Å². The summed E-state index contributed by atoms with van der Waals surface area (Å²) in [6.45, 7) is 1.90. The Balaban J connectivity index is 1.72. The zero-order chi connectivity index (χ0) is 19.2. The van der Waals surface area contributed by atoms with E-state index in [1.807, 2.05) is 37.3 Å². The molecule has 1 unspecified atom stereocenters. The highest BCUT2D eigenvalue weighted by molar-refractivity contribution is 6.33. The molecule has 0 aliphatic heterocycles. The van der Waals surface area contributed by atoms with Crippen LogP contribution in [0.3, 0.4) is 0 Å². The van der Waals surface area contributed by atoms with Crippen molar-refractivity contribution in [3.05, 3.63) is 94.8 Å². The van der Waals surface area contributed by atoms with E-state index in [0.29, 0.717) is 16.3 Å². The summed E-state index contributed by atoms with van der Waals surface area (Å²) in [6.07, 6.45) is 1.43. The predicted molar refractivity (Wildman–Crippen MR) is 106 cm³/mol. The first kappa shape index (κ1) is 18.6. The third-order valence-corrected chi connectivity index (χ3v) is 4.35. The monoisotopic (exact) mass is 379 g/mol. The van der Waals surface area contributed by atoms with Gasteiger partial charge < -0.3 is 10.6 Å². The van der Waals surface area contributed by atoms with Crippen LogP contribution in [0.15, 0.2) is 72.9 Å². The second-order valence-corrected chi connectivity index (χ2v) is 6.38. The summed E-state index contributed by atoms with van der Waals surface area (Å²) >= 11 is 6.05. The van der Waals surface area contributed by atoms with Crippen molar-refractivity contribution in [2.45, 2.75) is 13.0 Å². The molecule has 27 heavy (non-hydrogen) atoms. The van der Waals surface area contributed by atoms with Crippen LogP contribution < -0.4 is 10.6 Å². The van der Waals surface area contributed by atoms with E-state index in [0.717, 1.165) is 5.56 Å². The number of nitrogens with one attached hydrogen (secondary N) is 2. The molecule has 0 bridgehead atoms. The Kier molecular flexibility index (Phi) is 5.84. The second-order valence-electron chi connectivity index (χ2n) is 5.97. The molecule has 2 aromatic carbocycles. The van der Waals surface area contributed by atoms with Gasteiger partial charge in [-0.1, -0.05) is 54.1 Å². The summed E-state index contributed by atoms with van der Waals surface area (Å²) in [6, 6.07) is 19.4. The lowest BCUT2D eigenvalue weighted by molar-refractivity contribution is 0.0939. The van der Waals surface area contributed by atoms with Gasteiger partial charge in [-0.25, -0.2) is 0 Å². The second kappa shape index (κ2) is 8.47. The van der Waals surface area contributed by atoms with Gasteiger partial charge in [-0.3, -0.25) is 14.6 Å². The highest BCUT2D eigenvalue weighted by atomic mass is 35.5. The number of hydrogen-bond donors (Lipinski definition) is 2. The van der Waals surface area contributed by atoms with Gasteiger partial charge in [-0.15, -0.1) is 0 Å². The van der Waals surface area contributed by atoms with Crippen LogP contribution >= 0.6 is 11.6 Å². The van der Waals surface area contributed by atoms with E-state index < -0.39 is 5.91 Å². The molecule has 3 rings (SSSR count). The van der Waals surface area contributed by atoms with E-state index in [2.05, 4.69) is 15.6 Å². The fraction of sp³-hybridized carbons (Fsp3) is 0.0952.